The lowest BCUT2D eigenvalue weighted by molar-refractivity contribution is -0.385. The van der Waals surface area contributed by atoms with Gasteiger partial charge < -0.3 is 10.1 Å². The van der Waals surface area contributed by atoms with Gasteiger partial charge in [0.05, 0.1) is 4.92 Å². The first-order valence-electron chi connectivity index (χ1n) is 6.53. The van der Waals surface area contributed by atoms with Gasteiger partial charge >= 0.3 is 5.69 Å². The largest absolute Gasteiger partial charge is 0.447 e. The van der Waals surface area contributed by atoms with E-state index in [-0.39, 0.29) is 5.75 Å². The van der Waals surface area contributed by atoms with Gasteiger partial charge in [-0.3, -0.25) is 10.1 Å². The molecular formula is C15H15FN2O3. The molecule has 0 spiro atoms. The number of nitro benzene ring substituents is 1. The van der Waals surface area contributed by atoms with Crippen LogP contribution < -0.4 is 10.1 Å². The second kappa shape index (κ2) is 6.81. The van der Waals surface area contributed by atoms with Crippen molar-refractivity contribution < 1.29 is 14.1 Å². The lowest BCUT2D eigenvalue weighted by Gasteiger charge is -2.12. The molecule has 0 heterocycles. The van der Waals surface area contributed by atoms with Crippen molar-refractivity contribution in [3.63, 3.8) is 0 Å². The van der Waals surface area contributed by atoms with Crippen molar-refractivity contribution in [1.29, 1.82) is 0 Å². The number of nitro groups is 1. The van der Waals surface area contributed by atoms with E-state index in [2.05, 4.69) is 5.32 Å². The van der Waals surface area contributed by atoms with Crippen LogP contribution in [0.1, 0.15) is 12.5 Å². The molecule has 0 aliphatic rings. The fraction of sp³-hybridized carbons (Fsp3) is 0.200. The Morgan fingerprint density at radius 2 is 2.00 bits per heavy atom. The van der Waals surface area contributed by atoms with Gasteiger partial charge in [0.1, 0.15) is 5.75 Å². The minimum absolute atomic E-state index is 0.369. The van der Waals surface area contributed by atoms with Crippen molar-refractivity contribution in [1.82, 2.24) is 5.32 Å². The summed E-state index contributed by atoms with van der Waals surface area (Å²) in [5, 5.41) is 14.1. The minimum Gasteiger partial charge on any atom is -0.447 e. The Hall–Kier alpha value is -2.47. The summed E-state index contributed by atoms with van der Waals surface area (Å²) >= 11 is 0. The van der Waals surface area contributed by atoms with Crippen molar-refractivity contribution in [3.05, 3.63) is 64.0 Å². The molecule has 0 aliphatic carbocycles. The number of rotatable bonds is 6. The third-order valence-electron chi connectivity index (χ3n) is 2.89. The summed E-state index contributed by atoms with van der Waals surface area (Å²) in [6.07, 6.45) is 0. The molecule has 0 unspecified atom stereocenters. The van der Waals surface area contributed by atoms with Crippen LogP contribution in [-0.2, 0) is 6.54 Å². The maximum absolute atomic E-state index is 13.8. The second-order valence-corrected chi connectivity index (χ2v) is 4.34. The van der Waals surface area contributed by atoms with Crippen LogP contribution in [0.25, 0.3) is 0 Å². The SMILES string of the molecule is CCNCc1ccccc1Oc1c(F)cccc1[N+](=O)[O-]. The summed E-state index contributed by atoms with van der Waals surface area (Å²) in [4.78, 5) is 10.3. The minimum atomic E-state index is -0.762. The molecule has 0 amide bonds. The molecule has 2 rings (SSSR count). The van der Waals surface area contributed by atoms with E-state index in [0.29, 0.717) is 12.3 Å². The van der Waals surface area contributed by atoms with Gasteiger partial charge in [0.15, 0.2) is 5.82 Å². The zero-order valence-electron chi connectivity index (χ0n) is 11.5. The normalized spacial score (nSPS) is 10.4. The van der Waals surface area contributed by atoms with E-state index < -0.39 is 16.4 Å². The van der Waals surface area contributed by atoms with Crippen LogP contribution in [0.15, 0.2) is 42.5 Å². The number of halogens is 1. The number of nitrogens with zero attached hydrogens (tertiary/aromatic N) is 1. The maximum atomic E-state index is 13.8. The fourth-order valence-corrected chi connectivity index (χ4v) is 1.86. The third-order valence-corrected chi connectivity index (χ3v) is 2.89. The highest BCUT2D eigenvalue weighted by Crippen LogP contribution is 2.35. The highest BCUT2D eigenvalue weighted by Gasteiger charge is 2.20. The molecule has 2 aromatic rings. The molecule has 0 radical (unpaired) electrons. The standard InChI is InChI=1S/C15H15FN2O3/c1-2-17-10-11-6-3-4-9-14(11)21-15-12(16)7-5-8-13(15)18(19)20/h3-9,17H,2,10H2,1H3. The van der Waals surface area contributed by atoms with Gasteiger partial charge in [0.2, 0.25) is 5.75 Å². The average molecular weight is 290 g/mol. The zero-order valence-corrected chi connectivity index (χ0v) is 11.5. The van der Waals surface area contributed by atoms with Crippen LogP contribution >= 0.6 is 0 Å². The van der Waals surface area contributed by atoms with E-state index in [4.69, 9.17) is 4.74 Å². The Labute approximate surface area is 121 Å². The van der Waals surface area contributed by atoms with Gasteiger partial charge in [-0.25, -0.2) is 4.39 Å². The quantitative estimate of drug-likeness (QED) is 0.651. The Balaban J connectivity index is 2.37. The van der Waals surface area contributed by atoms with Gasteiger partial charge in [-0.15, -0.1) is 0 Å². The van der Waals surface area contributed by atoms with Gasteiger partial charge in [0, 0.05) is 18.2 Å². The van der Waals surface area contributed by atoms with Crippen molar-refractivity contribution in [2.24, 2.45) is 0 Å². The smallest absolute Gasteiger partial charge is 0.314 e. The summed E-state index contributed by atoms with van der Waals surface area (Å²) in [5.74, 6) is -0.736. The molecule has 0 atom stereocenters. The lowest BCUT2D eigenvalue weighted by Crippen LogP contribution is -2.12. The Morgan fingerprint density at radius 1 is 1.24 bits per heavy atom. The second-order valence-electron chi connectivity index (χ2n) is 4.34. The maximum Gasteiger partial charge on any atom is 0.314 e. The molecule has 0 saturated heterocycles. The molecule has 0 aromatic heterocycles. The lowest BCUT2D eigenvalue weighted by atomic mass is 10.2. The van der Waals surface area contributed by atoms with Crippen molar-refractivity contribution in [3.8, 4) is 11.5 Å². The fourth-order valence-electron chi connectivity index (χ4n) is 1.86. The van der Waals surface area contributed by atoms with Gasteiger partial charge in [0.25, 0.3) is 0 Å². The number of benzene rings is 2. The summed E-state index contributed by atoms with van der Waals surface area (Å²) in [6.45, 7) is 3.27. The van der Waals surface area contributed by atoms with E-state index in [1.165, 1.54) is 12.1 Å². The zero-order chi connectivity index (χ0) is 15.2. The number of hydrogen-bond acceptors (Lipinski definition) is 4. The molecule has 2 aromatic carbocycles. The Bertz CT molecular complexity index is 647. The highest BCUT2D eigenvalue weighted by atomic mass is 19.1. The number of nitrogens with one attached hydrogen (secondary N) is 1. The van der Waals surface area contributed by atoms with Crippen LogP contribution in [-0.4, -0.2) is 11.5 Å². The molecule has 21 heavy (non-hydrogen) atoms. The van der Waals surface area contributed by atoms with E-state index in [9.17, 15) is 14.5 Å². The Kier molecular flexibility index (Phi) is 4.84. The van der Waals surface area contributed by atoms with Gasteiger partial charge in [-0.1, -0.05) is 31.2 Å². The highest BCUT2D eigenvalue weighted by molar-refractivity contribution is 5.50. The van der Waals surface area contributed by atoms with Crippen molar-refractivity contribution in [2.45, 2.75) is 13.5 Å². The first kappa shape index (κ1) is 14.9. The molecule has 110 valence electrons. The molecule has 0 bridgehead atoms. The van der Waals surface area contributed by atoms with Gasteiger partial charge in [-0.2, -0.15) is 0 Å². The first-order chi connectivity index (χ1) is 10.1. The number of hydrogen-bond donors (Lipinski definition) is 1. The number of ether oxygens (including phenoxy) is 1. The van der Waals surface area contributed by atoms with Crippen LogP contribution in [0.4, 0.5) is 10.1 Å². The molecule has 6 heteroatoms. The van der Waals surface area contributed by atoms with Crippen molar-refractivity contribution >= 4 is 5.69 Å². The van der Waals surface area contributed by atoms with Crippen LogP contribution in [0, 0.1) is 15.9 Å². The monoisotopic (exact) mass is 290 g/mol. The van der Waals surface area contributed by atoms with Crippen molar-refractivity contribution in [2.75, 3.05) is 6.54 Å². The molecule has 0 fully saturated rings. The van der Waals surface area contributed by atoms with E-state index >= 15 is 0 Å². The van der Waals surface area contributed by atoms with E-state index in [0.717, 1.165) is 18.2 Å². The van der Waals surface area contributed by atoms with Gasteiger partial charge in [-0.05, 0) is 18.7 Å². The predicted molar refractivity (Wildman–Crippen MR) is 77.0 cm³/mol. The summed E-state index contributed by atoms with van der Waals surface area (Å²) in [6, 6.07) is 10.7. The van der Waals surface area contributed by atoms with Crippen LogP contribution in [0.2, 0.25) is 0 Å². The molecule has 0 aliphatic heterocycles. The summed E-state index contributed by atoms with van der Waals surface area (Å²) in [7, 11) is 0. The molecule has 0 saturated carbocycles. The predicted octanol–water partition coefficient (Wildman–Crippen LogP) is 3.64. The number of para-hydroxylation sites is 2. The third kappa shape index (κ3) is 3.55. The summed E-state index contributed by atoms with van der Waals surface area (Å²) in [5.41, 5.74) is 0.408. The van der Waals surface area contributed by atoms with E-state index in [1.807, 2.05) is 19.1 Å². The molecule has 5 nitrogen and oxygen atoms in total. The average Bonchev–Trinajstić information content (AvgIpc) is 2.48. The first-order valence-corrected chi connectivity index (χ1v) is 6.53. The topological polar surface area (TPSA) is 64.4 Å². The summed E-state index contributed by atoms with van der Waals surface area (Å²) < 4.78 is 19.3. The molecular weight excluding hydrogens is 275 g/mol. The van der Waals surface area contributed by atoms with Crippen LogP contribution in [0.3, 0.4) is 0 Å². The van der Waals surface area contributed by atoms with E-state index in [1.54, 1.807) is 12.1 Å². The Morgan fingerprint density at radius 3 is 2.71 bits per heavy atom. The molecule has 1 N–H and O–H groups in total. The van der Waals surface area contributed by atoms with Crippen LogP contribution in [0.5, 0.6) is 11.5 Å².